The summed E-state index contributed by atoms with van der Waals surface area (Å²) in [7, 11) is 0. The number of hydrogen-bond donors (Lipinski definition) is 1. The van der Waals surface area contributed by atoms with Gasteiger partial charge in [-0.2, -0.15) is 0 Å². The van der Waals surface area contributed by atoms with Crippen molar-refractivity contribution >= 4 is 72.9 Å². The fourth-order valence-electron chi connectivity index (χ4n) is 6.12. The number of nitrogens with one attached hydrogen (secondary N) is 1. The van der Waals surface area contributed by atoms with Crippen molar-refractivity contribution < 1.29 is 0 Å². The fraction of sp³-hybridized carbons (Fsp3) is 0. The predicted octanol–water partition coefficient (Wildman–Crippen LogP) is 12.5. The first-order valence-corrected chi connectivity index (χ1v) is 15.7. The molecule has 0 saturated heterocycles. The van der Waals surface area contributed by atoms with Crippen LogP contribution < -0.4 is 10.2 Å². The Balaban J connectivity index is 1.04. The van der Waals surface area contributed by atoms with Gasteiger partial charge in [-0.3, -0.25) is 0 Å². The highest BCUT2D eigenvalue weighted by Crippen LogP contribution is 2.37. The van der Waals surface area contributed by atoms with Gasteiger partial charge in [-0.25, -0.2) is 0 Å². The van der Waals surface area contributed by atoms with Crippen molar-refractivity contribution in [3.63, 3.8) is 0 Å². The molecule has 8 aromatic rings. The lowest BCUT2D eigenvalue weighted by atomic mass is 10.1. The smallest absolute Gasteiger partial charge is 0.0468 e. The quantitative estimate of drug-likeness (QED) is 0.186. The first-order valence-electron chi connectivity index (χ1n) is 15.7. The van der Waals surface area contributed by atoms with Crippen LogP contribution in [0.2, 0.25) is 0 Å². The van der Waals surface area contributed by atoms with E-state index in [1.54, 1.807) is 0 Å². The number of fused-ring (bicyclic) bond motifs is 3. The normalized spacial score (nSPS) is 11.4. The highest BCUT2D eigenvalue weighted by atomic mass is 15.1. The largest absolute Gasteiger partial charge is 0.356 e. The average molecular weight is 589 g/mol. The molecule has 8 aromatic carbocycles. The molecule has 2 nitrogen and oxygen atoms in total. The van der Waals surface area contributed by atoms with Gasteiger partial charge in [-0.15, -0.1) is 0 Å². The van der Waals surface area contributed by atoms with Gasteiger partial charge in [0.05, 0.1) is 0 Å². The van der Waals surface area contributed by atoms with Crippen LogP contribution in [0.1, 0.15) is 11.1 Å². The Morgan fingerprint density at radius 1 is 0.326 bits per heavy atom. The zero-order valence-electron chi connectivity index (χ0n) is 25.3. The van der Waals surface area contributed by atoms with Crippen LogP contribution in [0.4, 0.5) is 28.4 Å². The van der Waals surface area contributed by atoms with Crippen LogP contribution in [-0.4, -0.2) is 0 Å². The lowest BCUT2D eigenvalue weighted by Gasteiger charge is -2.26. The van der Waals surface area contributed by atoms with E-state index in [1.807, 2.05) is 0 Å². The molecule has 0 amide bonds. The van der Waals surface area contributed by atoms with E-state index in [9.17, 15) is 0 Å². The van der Waals surface area contributed by atoms with Crippen LogP contribution in [0.15, 0.2) is 176 Å². The predicted molar refractivity (Wildman–Crippen MR) is 199 cm³/mol. The van der Waals surface area contributed by atoms with Crippen LogP contribution >= 0.6 is 0 Å². The molecule has 0 aliphatic carbocycles. The summed E-state index contributed by atoms with van der Waals surface area (Å²) < 4.78 is 0. The Kier molecular flexibility index (Phi) is 7.22. The lowest BCUT2D eigenvalue weighted by Crippen LogP contribution is -2.09. The Morgan fingerprint density at radius 2 is 0.717 bits per heavy atom. The van der Waals surface area contributed by atoms with Gasteiger partial charge in [0, 0.05) is 28.4 Å². The van der Waals surface area contributed by atoms with Crippen LogP contribution in [0.25, 0.3) is 44.5 Å². The zero-order valence-corrected chi connectivity index (χ0v) is 25.3. The second-order valence-electron chi connectivity index (χ2n) is 11.6. The number of benzene rings is 8. The maximum atomic E-state index is 3.53. The van der Waals surface area contributed by atoms with Crippen molar-refractivity contribution in [2.45, 2.75) is 0 Å². The van der Waals surface area contributed by atoms with Gasteiger partial charge < -0.3 is 10.2 Å². The second kappa shape index (κ2) is 12.1. The summed E-state index contributed by atoms with van der Waals surface area (Å²) in [4.78, 5) is 2.34. The van der Waals surface area contributed by atoms with Crippen molar-refractivity contribution in [1.29, 1.82) is 0 Å². The molecule has 0 radical (unpaired) electrons. The molecule has 0 aliphatic rings. The summed E-state index contributed by atoms with van der Waals surface area (Å²) in [6.45, 7) is 0. The van der Waals surface area contributed by atoms with Crippen LogP contribution in [0.3, 0.4) is 0 Å². The molecular formula is C44H32N2. The first-order chi connectivity index (χ1) is 22.7. The summed E-state index contributed by atoms with van der Waals surface area (Å²) in [6, 6.07) is 62.7. The monoisotopic (exact) mass is 588 g/mol. The summed E-state index contributed by atoms with van der Waals surface area (Å²) in [6.07, 6.45) is 4.34. The average Bonchev–Trinajstić information content (AvgIpc) is 3.12. The van der Waals surface area contributed by atoms with Gasteiger partial charge >= 0.3 is 0 Å². The molecule has 0 saturated carbocycles. The SMILES string of the molecule is C(=Cc1ccc(N(c2ccc3ccccc3c2)c2ccc3ccccc3c2)cc1)c1ccc(Nc2ccc3ccccc3c2)cc1. The molecule has 46 heavy (non-hydrogen) atoms. The Morgan fingerprint density at radius 3 is 1.24 bits per heavy atom. The number of nitrogens with zero attached hydrogens (tertiary/aromatic N) is 1. The summed E-state index contributed by atoms with van der Waals surface area (Å²) in [5.74, 6) is 0. The van der Waals surface area contributed by atoms with E-state index in [4.69, 9.17) is 0 Å². The van der Waals surface area contributed by atoms with Crippen molar-refractivity contribution in [2.24, 2.45) is 0 Å². The summed E-state index contributed by atoms with van der Waals surface area (Å²) >= 11 is 0. The van der Waals surface area contributed by atoms with Crippen molar-refractivity contribution in [3.8, 4) is 0 Å². The van der Waals surface area contributed by atoms with Crippen molar-refractivity contribution in [3.05, 3.63) is 187 Å². The van der Waals surface area contributed by atoms with Gasteiger partial charge in [0.15, 0.2) is 0 Å². The second-order valence-corrected chi connectivity index (χ2v) is 11.6. The molecule has 1 N–H and O–H groups in total. The molecule has 0 aliphatic heterocycles. The molecular weight excluding hydrogens is 556 g/mol. The third kappa shape index (κ3) is 5.72. The van der Waals surface area contributed by atoms with E-state index < -0.39 is 0 Å². The van der Waals surface area contributed by atoms with Crippen LogP contribution in [-0.2, 0) is 0 Å². The molecule has 0 heterocycles. The molecule has 0 spiro atoms. The first kappa shape index (κ1) is 27.4. The van der Waals surface area contributed by atoms with Crippen LogP contribution in [0.5, 0.6) is 0 Å². The highest BCUT2D eigenvalue weighted by Gasteiger charge is 2.14. The van der Waals surface area contributed by atoms with E-state index in [1.165, 1.54) is 32.3 Å². The maximum absolute atomic E-state index is 3.53. The molecule has 0 unspecified atom stereocenters. The third-order valence-electron chi connectivity index (χ3n) is 8.55. The molecule has 218 valence electrons. The van der Waals surface area contributed by atoms with Gasteiger partial charge in [0.2, 0.25) is 0 Å². The molecule has 0 fully saturated rings. The van der Waals surface area contributed by atoms with Crippen molar-refractivity contribution in [1.82, 2.24) is 0 Å². The summed E-state index contributed by atoms with van der Waals surface area (Å²) in [5, 5.41) is 10.9. The standard InChI is InChI=1S/C44H32N2/c1-4-10-37-29-41(24-19-34(37)7-1)45-40-22-15-32(16-23-40)13-14-33-17-25-42(26-18-33)46(43-27-20-35-8-2-5-11-38(35)30-43)44-28-21-36-9-3-6-12-39(36)31-44/h1-31,45H. The number of rotatable bonds is 7. The van der Waals surface area contributed by atoms with Gasteiger partial charge in [0.1, 0.15) is 0 Å². The van der Waals surface area contributed by atoms with E-state index in [0.717, 1.165) is 39.6 Å². The van der Waals surface area contributed by atoms with Gasteiger partial charge in [-0.05, 0) is 104 Å². The van der Waals surface area contributed by atoms with Gasteiger partial charge in [-0.1, -0.05) is 127 Å². The van der Waals surface area contributed by atoms with Gasteiger partial charge in [0.25, 0.3) is 0 Å². The molecule has 0 atom stereocenters. The topological polar surface area (TPSA) is 15.3 Å². The Hall–Kier alpha value is -6.12. The minimum atomic E-state index is 1.07. The van der Waals surface area contributed by atoms with Crippen LogP contribution in [0, 0.1) is 0 Å². The Labute approximate surface area is 269 Å². The number of anilines is 5. The Bertz CT molecular complexity index is 2250. The van der Waals surface area contributed by atoms with E-state index in [0.29, 0.717) is 0 Å². The minimum Gasteiger partial charge on any atom is -0.356 e. The van der Waals surface area contributed by atoms with E-state index >= 15 is 0 Å². The minimum absolute atomic E-state index is 1.07. The van der Waals surface area contributed by atoms with E-state index in [-0.39, 0.29) is 0 Å². The highest BCUT2D eigenvalue weighted by molar-refractivity contribution is 5.93. The fourth-order valence-corrected chi connectivity index (χ4v) is 6.12. The summed E-state index contributed by atoms with van der Waals surface area (Å²) in [5.41, 5.74) is 7.85. The number of hydrogen-bond acceptors (Lipinski definition) is 2. The molecule has 0 bridgehead atoms. The maximum Gasteiger partial charge on any atom is 0.0468 e. The van der Waals surface area contributed by atoms with E-state index in [2.05, 4.69) is 198 Å². The third-order valence-corrected chi connectivity index (χ3v) is 8.55. The lowest BCUT2D eigenvalue weighted by molar-refractivity contribution is 1.29. The zero-order chi connectivity index (χ0) is 30.7. The molecule has 2 heteroatoms. The molecule has 0 aromatic heterocycles. The molecule has 8 rings (SSSR count). The van der Waals surface area contributed by atoms with Crippen molar-refractivity contribution in [2.75, 3.05) is 10.2 Å².